The summed E-state index contributed by atoms with van der Waals surface area (Å²) in [4.78, 5) is 16.7. The minimum Gasteiger partial charge on any atom is -0.373 e. The van der Waals surface area contributed by atoms with Crippen molar-refractivity contribution in [2.24, 2.45) is 0 Å². The molecule has 0 spiro atoms. The molecule has 1 aliphatic rings. The molecule has 1 heterocycles. The highest BCUT2D eigenvalue weighted by molar-refractivity contribution is 7.89. The van der Waals surface area contributed by atoms with Crippen molar-refractivity contribution in [1.82, 2.24) is 9.21 Å². The Kier molecular flexibility index (Phi) is 7.47. The maximum atomic E-state index is 12.7. The first kappa shape index (κ1) is 22.3. The van der Waals surface area contributed by atoms with E-state index in [1.807, 2.05) is 37.2 Å². The molecule has 7 nitrogen and oxygen atoms in total. The molecular formula is C22H30N4O3S. The van der Waals surface area contributed by atoms with Crippen LogP contribution >= 0.6 is 0 Å². The summed E-state index contributed by atoms with van der Waals surface area (Å²) in [6.07, 6.45) is 1.78. The minimum atomic E-state index is -3.50. The molecule has 0 bridgehead atoms. The van der Waals surface area contributed by atoms with Gasteiger partial charge in [-0.05, 0) is 50.2 Å². The smallest absolute Gasteiger partial charge is 0.243 e. The minimum absolute atomic E-state index is 0.171. The van der Waals surface area contributed by atoms with Gasteiger partial charge in [0.2, 0.25) is 15.9 Å². The average Bonchev–Trinajstić information content (AvgIpc) is 3.28. The van der Waals surface area contributed by atoms with Crippen molar-refractivity contribution < 1.29 is 13.2 Å². The predicted octanol–water partition coefficient (Wildman–Crippen LogP) is 2.48. The van der Waals surface area contributed by atoms with E-state index in [1.165, 1.54) is 10.4 Å². The van der Waals surface area contributed by atoms with E-state index in [0.717, 1.165) is 31.6 Å². The van der Waals surface area contributed by atoms with Crippen LogP contribution in [0.4, 0.5) is 11.4 Å². The number of likely N-dealkylation sites (N-methyl/N-ethyl adjacent to an activating group) is 2. The molecule has 30 heavy (non-hydrogen) atoms. The van der Waals surface area contributed by atoms with Gasteiger partial charge in [-0.3, -0.25) is 9.69 Å². The van der Waals surface area contributed by atoms with Crippen molar-refractivity contribution in [2.45, 2.75) is 17.7 Å². The second-order valence-electron chi connectivity index (χ2n) is 7.68. The lowest BCUT2D eigenvalue weighted by Crippen LogP contribution is -2.36. The van der Waals surface area contributed by atoms with E-state index in [1.54, 1.807) is 18.2 Å². The molecule has 162 valence electrons. The van der Waals surface area contributed by atoms with Crippen molar-refractivity contribution in [3.05, 3.63) is 54.6 Å². The molecule has 1 amide bonds. The highest BCUT2D eigenvalue weighted by Crippen LogP contribution is 2.23. The number of amides is 1. The first-order chi connectivity index (χ1) is 14.4. The molecule has 8 heteroatoms. The van der Waals surface area contributed by atoms with Gasteiger partial charge in [-0.2, -0.15) is 4.31 Å². The molecule has 2 aromatic carbocycles. The molecule has 2 aromatic rings. The number of hydrogen-bond acceptors (Lipinski definition) is 5. The molecule has 0 aromatic heterocycles. The maximum absolute atomic E-state index is 12.7. The lowest BCUT2D eigenvalue weighted by atomic mass is 10.3. The number of benzene rings is 2. The van der Waals surface area contributed by atoms with Crippen LogP contribution in [0.5, 0.6) is 0 Å². The van der Waals surface area contributed by atoms with Crippen LogP contribution in [0.3, 0.4) is 0 Å². The number of nitrogens with zero attached hydrogens (tertiary/aromatic N) is 3. The van der Waals surface area contributed by atoms with Crippen molar-refractivity contribution in [1.29, 1.82) is 0 Å². The standard InChI is InChI=1S/C22H30N4O3S/c1-24(15-16-25(2)20-10-4-3-5-11-20)18-22(27)23-19-9-8-12-21(17-19)30(28,29)26-13-6-7-14-26/h3-5,8-12,17H,6-7,13-16,18H2,1-2H3,(H,23,27). The lowest BCUT2D eigenvalue weighted by Gasteiger charge is -2.23. The second-order valence-corrected chi connectivity index (χ2v) is 9.62. The SMILES string of the molecule is CN(CCN(C)c1ccccc1)CC(=O)Nc1cccc(S(=O)(=O)N2CCCC2)c1. The summed E-state index contributed by atoms with van der Waals surface area (Å²) in [6.45, 7) is 2.85. The van der Waals surface area contributed by atoms with Crippen molar-refractivity contribution in [3.63, 3.8) is 0 Å². The number of sulfonamides is 1. The fraction of sp³-hybridized carbons (Fsp3) is 0.409. The summed E-state index contributed by atoms with van der Waals surface area (Å²) >= 11 is 0. The third-order valence-corrected chi connectivity index (χ3v) is 7.14. The third-order valence-electron chi connectivity index (χ3n) is 5.25. The number of carbonyl (C=O) groups excluding carboxylic acids is 1. The van der Waals surface area contributed by atoms with Gasteiger partial charge in [0, 0.05) is 44.6 Å². The zero-order chi connectivity index (χ0) is 21.6. The zero-order valence-electron chi connectivity index (χ0n) is 17.6. The Labute approximate surface area is 179 Å². The topological polar surface area (TPSA) is 73.0 Å². The lowest BCUT2D eigenvalue weighted by molar-refractivity contribution is -0.117. The fourth-order valence-electron chi connectivity index (χ4n) is 3.47. The van der Waals surface area contributed by atoms with Gasteiger partial charge < -0.3 is 10.2 Å². The quantitative estimate of drug-likeness (QED) is 0.662. The van der Waals surface area contributed by atoms with Crippen LogP contribution in [0.25, 0.3) is 0 Å². The Morgan fingerprint density at radius 2 is 1.70 bits per heavy atom. The van der Waals surface area contributed by atoms with E-state index in [4.69, 9.17) is 0 Å². The van der Waals surface area contributed by atoms with Gasteiger partial charge in [-0.25, -0.2) is 8.42 Å². The Morgan fingerprint density at radius 1 is 1.00 bits per heavy atom. The van der Waals surface area contributed by atoms with E-state index >= 15 is 0 Å². The number of anilines is 2. The summed E-state index contributed by atoms with van der Waals surface area (Å²) in [6, 6.07) is 16.6. The molecule has 0 atom stereocenters. The van der Waals surface area contributed by atoms with Crippen molar-refractivity contribution in [2.75, 3.05) is 57.0 Å². The molecular weight excluding hydrogens is 400 g/mol. The van der Waals surface area contributed by atoms with Crippen LogP contribution in [0.15, 0.2) is 59.5 Å². The van der Waals surface area contributed by atoms with Gasteiger partial charge in [-0.15, -0.1) is 0 Å². The number of carbonyl (C=O) groups is 1. The van der Waals surface area contributed by atoms with Gasteiger partial charge in [-0.1, -0.05) is 24.3 Å². The highest BCUT2D eigenvalue weighted by Gasteiger charge is 2.27. The summed E-state index contributed by atoms with van der Waals surface area (Å²) in [5, 5.41) is 2.82. The third kappa shape index (κ3) is 5.81. The molecule has 1 aliphatic heterocycles. The monoisotopic (exact) mass is 430 g/mol. The molecule has 1 fully saturated rings. The second kappa shape index (κ2) is 10.1. The largest absolute Gasteiger partial charge is 0.373 e. The summed E-state index contributed by atoms with van der Waals surface area (Å²) in [5.74, 6) is -0.171. The highest BCUT2D eigenvalue weighted by atomic mass is 32.2. The molecule has 1 N–H and O–H groups in total. The number of nitrogens with one attached hydrogen (secondary N) is 1. The molecule has 1 saturated heterocycles. The summed E-state index contributed by atoms with van der Waals surface area (Å²) < 4.78 is 26.9. The van der Waals surface area contributed by atoms with Crippen LogP contribution < -0.4 is 10.2 Å². The Bertz CT molecular complexity index is 944. The van der Waals surface area contributed by atoms with Crippen LogP contribution in [-0.2, 0) is 14.8 Å². The first-order valence-electron chi connectivity index (χ1n) is 10.2. The van der Waals surface area contributed by atoms with Crippen LogP contribution in [0.2, 0.25) is 0 Å². The number of hydrogen-bond donors (Lipinski definition) is 1. The van der Waals surface area contributed by atoms with Gasteiger partial charge in [0.15, 0.2) is 0 Å². The molecule has 0 radical (unpaired) electrons. The Hall–Kier alpha value is -2.42. The number of para-hydroxylation sites is 1. The van der Waals surface area contributed by atoms with Crippen LogP contribution in [0.1, 0.15) is 12.8 Å². The summed E-state index contributed by atoms with van der Waals surface area (Å²) in [7, 11) is 0.420. The maximum Gasteiger partial charge on any atom is 0.243 e. The van der Waals surface area contributed by atoms with Crippen molar-refractivity contribution in [3.8, 4) is 0 Å². The van der Waals surface area contributed by atoms with E-state index in [-0.39, 0.29) is 17.3 Å². The zero-order valence-corrected chi connectivity index (χ0v) is 18.4. The van der Waals surface area contributed by atoms with Gasteiger partial charge >= 0.3 is 0 Å². The van der Waals surface area contributed by atoms with Gasteiger partial charge in [0.25, 0.3) is 0 Å². The normalized spacial score (nSPS) is 14.8. The molecule has 0 unspecified atom stereocenters. The Balaban J connectivity index is 1.52. The first-order valence-corrected chi connectivity index (χ1v) is 11.6. The van der Waals surface area contributed by atoms with E-state index < -0.39 is 10.0 Å². The van der Waals surface area contributed by atoms with Crippen LogP contribution in [0, 0.1) is 0 Å². The fourth-order valence-corrected chi connectivity index (χ4v) is 5.03. The van der Waals surface area contributed by atoms with Crippen LogP contribution in [-0.4, -0.2) is 70.3 Å². The van der Waals surface area contributed by atoms with E-state index in [0.29, 0.717) is 18.8 Å². The van der Waals surface area contributed by atoms with E-state index in [9.17, 15) is 13.2 Å². The average molecular weight is 431 g/mol. The number of rotatable bonds is 9. The van der Waals surface area contributed by atoms with E-state index in [2.05, 4.69) is 22.3 Å². The Morgan fingerprint density at radius 3 is 2.40 bits per heavy atom. The van der Waals surface area contributed by atoms with Crippen molar-refractivity contribution >= 4 is 27.3 Å². The van der Waals surface area contributed by atoms with Gasteiger partial charge in [0.05, 0.1) is 11.4 Å². The predicted molar refractivity (Wildman–Crippen MR) is 120 cm³/mol. The molecule has 0 saturated carbocycles. The molecule has 0 aliphatic carbocycles. The molecule has 3 rings (SSSR count). The summed E-state index contributed by atoms with van der Waals surface area (Å²) in [5.41, 5.74) is 1.63. The van der Waals surface area contributed by atoms with Gasteiger partial charge in [0.1, 0.15) is 0 Å².